The van der Waals surface area contributed by atoms with Crippen molar-refractivity contribution in [2.24, 2.45) is 5.92 Å². The van der Waals surface area contributed by atoms with Crippen molar-refractivity contribution >= 4 is 27.3 Å². The van der Waals surface area contributed by atoms with Crippen molar-refractivity contribution in [2.45, 2.75) is 50.8 Å². The van der Waals surface area contributed by atoms with E-state index in [1.165, 1.54) is 0 Å². The van der Waals surface area contributed by atoms with E-state index >= 15 is 0 Å². The third kappa shape index (κ3) is 4.05. The maximum atomic E-state index is 11.8. The Bertz CT molecular complexity index is 746. The van der Waals surface area contributed by atoms with Crippen LogP contribution in [-0.4, -0.2) is 36.2 Å². The molecule has 0 aliphatic heterocycles. The van der Waals surface area contributed by atoms with Crippen LogP contribution >= 0.6 is 0 Å². The van der Waals surface area contributed by atoms with Gasteiger partial charge < -0.3 is 9.73 Å². The number of anilines is 1. The number of fused-ring (bicyclic) bond motifs is 1. The first-order chi connectivity index (χ1) is 11.4. The van der Waals surface area contributed by atoms with Gasteiger partial charge in [0.15, 0.2) is 5.58 Å². The van der Waals surface area contributed by atoms with Gasteiger partial charge in [0, 0.05) is 18.8 Å². The topological polar surface area (TPSA) is 97.1 Å². The summed E-state index contributed by atoms with van der Waals surface area (Å²) in [7, 11) is -3.17. The van der Waals surface area contributed by atoms with Crippen LogP contribution in [0.1, 0.15) is 39.5 Å². The lowest BCUT2D eigenvalue weighted by atomic mass is 9.86. The molecule has 0 atom stereocenters. The van der Waals surface area contributed by atoms with E-state index in [4.69, 9.17) is 4.42 Å². The molecule has 7 nitrogen and oxygen atoms in total. The monoisotopic (exact) mass is 352 g/mol. The van der Waals surface area contributed by atoms with Crippen LogP contribution in [-0.2, 0) is 10.0 Å². The first-order valence-corrected chi connectivity index (χ1v) is 9.95. The van der Waals surface area contributed by atoms with Crippen molar-refractivity contribution in [1.29, 1.82) is 0 Å². The number of sulfonamides is 1. The molecule has 2 N–H and O–H groups in total. The molecule has 24 heavy (non-hydrogen) atoms. The molecule has 0 saturated heterocycles. The SMILES string of the molecule is CC(C)S(=O)(=O)NCC1CCC(Nc2nc3ncccc3o2)CC1. The molecule has 8 heteroatoms. The number of aromatic nitrogens is 2. The highest BCUT2D eigenvalue weighted by molar-refractivity contribution is 7.90. The summed E-state index contributed by atoms with van der Waals surface area (Å²) in [6, 6.07) is 4.47. The minimum Gasteiger partial charge on any atom is -0.422 e. The van der Waals surface area contributed by atoms with Crippen LogP contribution in [0.2, 0.25) is 0 Å². The Kier molecular flexibility index (Phi) is 5.05. The van der Waals surface area contributed by atoms with Gasteiger partial charge in [-0.1, -0.05) is 0 Å². The van der Waals surface area contributed by atoms with Crippen molar-refractivity contribution < 1.29 is 12.8 Å². The fourth-order valence-electron chi connectivity index (χ4n) is 2.92. The van der Waals surface area contributed by atoms with E-state index in [-0.39, 0.29) is 5.25 Å². The zero-order chi connectivity index (χ0) is 17.2. The maximum absolute atomic E-state index is 11.8. The van der Waals surface area contributed by atoms with Crippen molar-refractivity contribution in [3.63, 3.8) is 0 Å². The number of oxazole rings is 1. The van der Waals surface area contributed by atoms with Gasteiger partial charge in [-0.15, -0.1) is 0 Å². The summed E-state index contributed by atoms with van der Waals surface area (Å²) in [5.74, 6) is 0.391. The molecule has 0 amide bonds. The minimum atomic E-state index is -3.17. The lowest BCUT2D eigenvalue weighted by molar-refractivity contribution is 0.334. The van der Waals surface area contributed by atoms with Crippen LogP contribution in [0.25, 0.3) is 11.2 Å². The first kappa shape index (κ1) is 17.2. The van der Waals surface area contributed by atoms with Gasteiger partial charge >= 0.3 is 0 Å². The molecule has 2 aromatic heterocycles. The van der Waals surface area contributed by atoms with Gasteiger partial charge in [-0.2, -0.15) is 4.98 Å². The summed E-state index contributed by atoms with van der Waals surface area (Å²) >= 11 is 0. The molecule has 1 saturated carbocycles. The minimum absolute atomic E-state index is 0.302. The van der Waals surface area contributed by atoms with Crippen LogP contribution in [0.4, 0.5) is 6.01 Å². The smallest absolute Gasteiger partial charge is 0.297 e. The van der Waals surface area contributed by atoms with Crippen LogP contribution < -0.4 is 10.0 Å². The van der Waals surface area contributed by atoms with E-state index in [0.29, 0.717) is 35.7 Å². The first-order valence-electron chi connectivity index (χ1n) is 8.40. The normalized spacial score (nSPS) is 22.1. The van der Waals surface area contributed by atoms with E-state index in [1.807, 2.05) is 12.1 Å². The largest absolute Gasteiger partial charge is 0.422 e. The second-order valence-electron chi connectivity index (χ2n) is 6.65. The summed E-state index contributed by atoms with van der Waals surface area (Å²) in [5.41, 5.74) is 1.29. The predicted molar refractivity (Wildman–Crippen MR) is 93.2 cm³/mol. The quantitative estimate of drug-likeness (QED) is 0.829. The Morgan fingerprint density at radius 1 is 1.29 bits per heavy atom. The van der Waals surface area contributed by atoms with Gasteiger partial charge in [-0.3, -0.25) is 0 Å². The van der Waals surface area contributed by atoms with E-state index in [0.717, 1.165) is 25.7 Å². The molecule has 1 aliphatic carbocycles. The molecule has 0 spiro atoms. The number of rotatable bonds is 6. The zero-order valence-corrected chi connectivity index (χ0v) is 14.8. The van der Waals surface area contributed by atoms with Crippen LogP contribution in [0.3, 0.4) is 0 Å². The number of hydrogen-bond donors (Lipinski definition) is 2. The molecular weight excluding hydrogens is 328 g/mol. The van der Waals surface area contributed by atoms with Gasteiger partial charge in [-0.05, 0) is 57.6 Å². The Hall–Kier alpha value is -1.67. The molecule has 132 valence electrons. The summed E-state index contributed by atoms with van der Waals surface area (Å²) in [6.07, 6.45) is 5.60. The maximum Gasteiger partial charge on any atom is 0.297 e. The molecule has 2 heterocycles. The molecule has 0 radical (unpaired) electrons. The summed E-state index contributed by atoms with van der Waals surface area (Å²) in [6.45, 7) is 3.91. The standard InChI is InChI=1S/C16H24N4O3S/c1-11(2)24(21,22)18-10-12-5-7-13(8-6-12)19-16-20-15-14(23-16)4-3-9-17-15/h3-4,9,11-13,18H,5-8,10H2,1-2H3,(H,17,19,20). The Labute approximate surface area is 142 Å². The highest BCUT2D eigenvalue weighted by atomic mass is 32.2. The second-order valence-corrected chi connectivity index (χ2v) is 8.97. The average molecular weight is 352 g/mol. The Morgan fingerprint density at radius 3 is 2.71 bits per heavy atom. The molecule has 1 aliphatic rings. The third-order valence-electron chi connectivity index (χ3n) is 4.53. The molecule has 1 fully saturated rings. The van der Waals surface area contributed by atoms with Crippen molar-refractivity contribution in [1.82, 2.24) is 14.7 Å². The van der Waals surface area contributed by atoms with Gasteiger partial charge in [0.25, 0.3) is 6.01 Å². The zero-order valence-electron chi connectivity index (χ0n) is 14.0. The van der Waals surface area contributed by atoms with Crippen molar-refractivity contribution in [2.75, 3.05) is 11.9 Å². The lowest BCUT2D eigenvalue weighted by Gasteiger charge is -2.28. The summed E-state index contributed by atoms with van der Waals surface area (Å²) < 4.78 is 32.0. The Balaban J connectivity index is 1.48. The number of nitrogens with zero attached hydrogens (tertiary/aromatic N) is 2. The molecule has 0 aromatic carbocycles. The fraction of sp³-hybridized carbons (Fsp3) is 0.625. The van der Waals surface area contributed by atoms with Crippen LogP contribution in [0.15, 0.2) is 22.7 Å². The Morgan fingerprint density at radius 2 is 2.04 bits per heavy atom. The number of nitrogens with one attached hydrogen (secondary N) is 2. The summed E-state index contributed by atoms with van der Waals surface area (Å²) in [4.78, 5) is 8.49. The highest BCUT2D eigenvalue weighted by Gasteiger charge is 2.24. The number of hydrogen-bond acceptors (Lipinski definition) is 6. The summed E-state index contributed by atoms with van der Waals surface area (Å²) in [5, 5.41) is 2.94. The van der Waals surface area contributed by atoms with E-state index in [9.17, 15) is 8.42 Å². The molecular formula is C16H24N4O3S. The van der Waals surface area contributed by atoms with E-state index in [1.54, 1.807) is 20.0 Å². The van der Waals surface area contributed by atoms with Crippen LogP contribution in [0, 0.1) is 5.92 Å². The van der Waals surface area contributed by atoms with Gasteiger partial charge in [0.05, 0.1) is 5.25 Å². The predicted octanol–water partition coefficient (Wildman–Crippen LogP) is 2.52. The van der Waals surface area contributed by atoms with Gasteiger partial charge in [0.2, 0.25) is 15.7 Å². The highest BCUT2D eigenvalue weighted by Crippen LogP contribution is 2.27. The number of pyridine rings is 1. The van der Waals surface area contributed by atoms with E-state index < -0.39 is 10.0 Å². The lowest BCUT2D eigenvalue weighted by Crippen LogP contribution is -2.37. The molecule has 0 unspecified atom stereocenters. The third-order valence-corrected chi connectivity index (χ3v) is 6.34. The van der Waals surface area contributed by atoms with Crippen molar-refractivity contribution in [3.8, 4) is 0 Å². The fourth-order valence-corrected chi connectivity index (χ4v) is 3.72. The van der Waals surface area contributed by atoms with E-state index in [2.05, 4.69) is 20.0 Å². The molecule has 3 rings (SSSR count). The van der Waals surface area contributed by atoms with Gasteiger partial charge in [0.1, 0.15) is 0 Å². The average Bonchev–Trinajstić information content (AvgIpc) is 2.96. The van der Waals surface area contributed by atoms with Crippen LogP contribution in [0.5, 0.6) is 0 Å². The van der Waals surface area contributed by atoms with Crippen molar-refractivity contribution in [3.05, 3.63) is 18.3 Å². The molecule has 2 aromatic rings. The van der Waals surface area contributed by atoms with Gasteiger partial charge in [-0.25, -0.2) is 18.1 Å². The second kappa shape index (κ2) is 7.06. The molecule has 0 bridgehead atoms.